The van der Waals surface area contributed by atoms with Gasteiger partial charge in [-0.25, -0.2) is 0 Å². The van der Waals surface area contributed by atoms with Crippen molar-refractivity contribution in [3.63, 3.8) is 0 Å². The van der Waals surface area contributed by atoms with Gasteiger partial charge < -0.3 is 30.1 Å². The van der Waals surface area contributed by atoms with Gasteiger partial charge in [0.1, 0.15) is 28.7 Å². The van der Waals surface area contributed by atoms with Gasteiger partial charge in [-0.2, -0.15) is 0 Å². The van der Waals surface area contributed by atoms with Gasteiger partial charge in [-0.3, -0.25) is 9.59 Å². The highest BCUT2D eigenvalue weighted by molar-refractivity contribution is 5.99. The molecular formula is C39H35NO7. The zero-order valence-corrected chi connectivity index (χ0v) is 26.8. The Labute approximate surface area is 271 Å². The molecule has 0 fully saturated rings. The number of benzene rings is 5. The summed E-state index contributed by atoms with van der Waals surface area (Å²) in [7, 11) is 1.63. The number of nitrogens with one attached hydrogen (secondary N) is 1. The van der Waals surface area contributed by atoms with E-state index in [0.717, 1.165) is 38.6 Å². The van der Waals surface area contributed by atoms with Crippen LogP contribution < -0.4 is 4.74 Å². The van der Waals surface area contributed by atoms with Crippen LogP contribution in [0.1, 0.15) is 68.1 Å². The van der Waals surface area contributed by atoms with Crippen molar-refractivity contribution in [2.24, 2.45) is 0 Å². The molecule has 5 N–H and O–H groups in total. The number of H-pyrrole nitrogens is 1. The van der Waals surface area contributed by atoms with Gasteiger partial charge in [-0.1, -0.05) is 24.3 Å². The second-order valence-electron chi connectivity index (χ2n) is 12.1. The maximum absolute atomic E-state index is 12.4. The molecule has 8 heteroatoms. The molecular weight excluding hydrogens is 594 g/mol. The van der Waals surface area contributed by atoms with E-state index in [1.807, 2.05) is 48.5 Å². The molecule has 6 rings (SSSR count). The molecule has 0 saturated heterocycles. The minimum absolute atomic E-state index is 0.0175. The van der Waals surface area contributed by atoms with E-state index in [1.54, 1.807) is 21.0 Å². The van der Waals surface area contributed by atoms with Crippen LogP contribution in [0.15, 0.2) is 66.7 Å². The maximum Gasteiger partial charge on any atom is 0.163 e. The van der Waals surface area contributed by atoms with Gasteiger partial charge in [0.15, 0.2) is 11.6 Å². The Balaban J connectivity index is 1.56. The molecule has 5 aromatic carbocycles. The fourth-order valence-electron chi connectivity index (χ4n) is 6.32. The number of carbonyl (C=O) groups is 2. The van der Waals surface area contributed by atoms with E-state index in [2.05, 4.69) is 11.1 Å². The van der Waals surface area contributed by atoms with Gasteiger partial charge in [0.25, 0.3) is 0 Å². The normalized spacial score (nSPS) is 11.3. The Morgan fingerprint density at radius 1 is 0.638 bits per heavy atom. The highest BCUT2D eigenvalue weighted by Gasteiger charge is 2.24. The van der Waals surface area contributed by atoms with Crippen molar-refractivity contribution in [2.45, 2.75) is 40.5 Å². The first-order chi connectivity index (χ1) is 22.4. The van der Waals surface area contributed by atoms with Gasteiger partial charge in [-0.05, 0) is 109 Å². The number of hydrogen-bond acceptors (Lipinski definition) is 7. The Bertz CT molecular complexity index is 2260. The Morgan fingerprint density at radius 3 is 1.77 bits per heavy atom. The van der Waals surface area contributed by atoms with Gasteiger partial charge >= 0.3 is 0 Å². The first kappa shape index (κ1) is 31.2. The molecule has 8 nitrogen and oxygen atoms in total. The van der Waals surface area contributed by atoms with Crippen molar-refractivity contribution in [1.29, 1.82) is 0 Å². The smallest absolute Gasteiger partial charge is 0.163 e. The molecule has 0 atom stereocenters. The summed E-state index contributed by atoms with van der Waals surface area (Å²) < 4.78 is 5.37. The topological polar surface area (TPSA) is 140 Å². The lowest BCUT2D eigenvalue weighted by molar-refractivity contribution is 0.100. The number of ketones is 2. The highest BCUT2D eigenvalue weighted by atomic mass is 16.5. The second-order valence-corrected chi connectivity index (χ2v) is 12.1. The van der Waals surface area contributed by atoms with Crippen LogP contribution in [0.3, 0.4) is 0 Å². The summed E-state index contributed by atoms with van der Waals surface area (Å²) in [5.41, 5.74) is 5.37. The molecule has 47 heavy (non-hydrogen) atoms. The maximum atomic E-state index is 12.4. The fraction of sp³-hybridized carbons (Fsp3) is 0.179. The van der Waals surface area contributed by atoms with E-state index in [1.165, 1.54) is 26.0 Å². The minimum Gasteiger partial charge on any atom is -0.507 e. The van der Waals surface area contributed by atoms with Crippen molar-refractivity contribution < 1.29 is 34.8 Å². The van der Waals surface area contributed by atoms with Crippen molar-refractivity contribution in [3.8, 4) is 39.9 Å². The summed E-state index contributed by atoms with van der Waals surface area (Å²) in [6.45, 7) is 6.04. The average molecular weight is 630 g/mol. The van der Waals surface area contributed by atoms with Crippen LogP contribution in [0.5, 0.6) is 28.7 Å². The van der Waals surface area contributed by atoms with Crippen LogP contribution in [-0.2, 0) is 12.8 Å². The lowest BCUT2D eigenvalue weighted by atomic mass is 9.91. The van der Waals surface area contributed by atoms with Gasteiger partial charge in [0.05, 0.1) is 18.2 Å². The lowest BCUT2D eigenvalue weighted by Gasteiger charge is -2.16. The molecule has 1 aromatic heterocycles. The van der Waals surface area contributed by atoms with Crippen LogP contribution in [0.4, 0.5) is 0 Å². The summed E-state index contributed by atoms with van der Waals surface area (Å²) >= 11 is 0. The van der Waals surface area contributed by atoms with Crippen molar-refractivity contribution >= 4 is 33.2 Å². The average Bonchev–Trinajstić information content (AvgIpc) is 3.39. The molecule has 0 saturated carbocycles. The molecule has 1 heterocycles. The molecule has 0 bridgehead atoms. The van der Waals surface area contributed by atoms with Crippen LogP contribution in [0, 0.1) is 13.8 Å². The molecule has 238 valence electrons. The Kier molecular flexibility index (Phi) is 7.89. The second kappa shape index (κ2) is 11.9. The first-order valence-corrected chi connectivity index (χ1v) is 15.2. The summed E-state index contributed by atoms with van der Waals surface area (Å²) in [5, 5.41) is 47.3. The number of carbonyl (C=O) groups excluding carboxylic acids is 2. The molecule has 0 unspecified atom stereocenters. The number of aromatic hydroxyl groups is 4. The molecule has 0 aliphatic heterocycles. The number of aromatic amines is 1. The standard InChI is InChI=1S/C39H35NO7/c1-19-12-28(21(3)41)38(45)32(36(19)43)17-31-30-16-26(23-6-7-25-15-27(47-5)10-8-24(25)14-23)9-11-34(30)40-35(31)18-33-37(44)20(2)13-29(22(4)42)39(33)46/h6-16,40,43-46H,17-18H2,1-5H3. The van der Waals surface area contributed by atoms with Gasteiger partial charge in [-0.15, -0.1) is 0 Å². The number of fused-ring (bicyclic) bond motifs is 2. The Morgan fingerprint density at radius 2 is 1.17 bits per heavy atom. The monoisotopic (exact) mass is 629 g/mol. The van der Waals surface area contributed by atoms with Gasteiger partial charge in [0.2, 0.25) is 0 Å². The number of ether oxygens (including phenoxy) is 1. The largest absolute Gasteiger partial charge is 0.507 e. The number of hydrogen-bond donors (Lipinski definition) is 5. The molecule has 0 aliphatic rings. The number of rotatable bonds is 8. The van der Waals surface area contributed by atoms with E-state index in [4.69, 9.17) is 4.74 Å². The van der Waals surface area contributed by atoms with Crippen molar-refractivity contribution in [1.82, 2.24) is 4.98 Å². The van der Waals surface area contributed by atoms with Crippen molar-refractivity contribution in [2.75, 3.05) is 7.11 Å². The van der Waals surface area contributed by atoms with Crippen LogP contribution >= 0.6 is 0 Å². The SMILES string of the molecule is COc1ccc2cc(-c3ccc4[nH]c(Cc5c(O)c(C)cc(C(C)=O)c5O)c(Cc5c(O)c(C)cc(C(C)=O)c5O)c4c3)ccc2c1. The summed E-state index contributed by atoms with van der Waals surface area (Å²) in [6.07, 6.45) is 0.0481. The number of methoxy groups -OCH3 is 1. The number of aromatic nitrogens is 1. The molecule has 0 radical (unpaired) electrons. The van der Waals surface area contributed by atoms with Crippen LogP contribution in [0.2, 0.25) is 0 Å². The van der Waals surface area contributed by atoms with E-state index in [9.17, 15) is 30.0 Å². The zero-order chi connectivity index (χ0) is 33.7. The van der Waals surface area contributed by atoms with Crippen molar-refractivity contribution in [3.05, 3.63) is 111 Å². The third kappa shape index (κ3) is 5.52. The number of aryl methyl sites for hydroxylation is 2. The summed E-state index contributed by atoms with van der Waals surface area (Å²) in [6, 6.07) is 20.9. The van der Waals surface area contributed by atoms with Crippen LogP contribution in [-0.4, -0.2) is 44.1 Å². The zero-order valence-electron chi connectivity index (χ0n) is 26.8. The Hall–Kier alpha value is -5.76. The van der Waals surface area contributed by atoms with E-state index >= 15 is 0 Å². The quantitative estimate of drug-likeness (QED) is 0.107. The summed E-state index contributed by atoms with van der Waals surface area (Å²) in [5.74, 6) is -0.782. The fourth-order valence-corrected chi connectivity index (χ4v) is 6.32. The van der Waals surface area contributed by atoms with E-state index in [0.29, 0.717) is 22.4 Å². The predicted octanol–water partition coefficient (Wildman–Crippen LogP) is 8.02. The first-order valence-electron chi connectivity index (χ1n) is 15.2. The third-order valence-electron chi connectivity index (χ3n) is 8.96. The molecule has 0 aliphatic carbocycles. The predicted molar refractivity (Wildman–Crippen MR) is 182 cm³/mol. The molecule has 0 amide bonds. The lowest BCUT2D eigenvalue weighted by Crippen LogP contribution is -2.03. The summed E-state index contributed by atoms with van der Waals surface area (Å²) in [4.78, 5) is 28.1. The number of phenols is 4. The highest BCUT2D eigenvalue weighted by Crippen LogP contribution is 2.41. The van der Waals surface area contributed by atoms with E-state index in [-0.39, 0.29) is 69.7 Å². The third-order valence-corrected chi connectivity index (χ3v) is 8.96. The molecule has 6 aromatic rings. The van der Waals surface area contributed by atoms with Gasteiger partial charge in [0, 0.05) is 40.6 Å². The minimum atomic E-state index is -0.339. The van der Waals surface area contributed by atoms with Crippen LogP contribution in [0.25, 0.3) is 32.8 Å². The van der Waals surface area contributed by atoms with E-state index < -0.39 is 0 Å². The number of Topliss-reactive ketones (excluding diaryl/α,β-unsaturated/α-hetero) is 2. The molecule has 0 spiro atoms. The number of phenolic OH excluding ortho intramolecular Hbond substituents is 4.